The smallest absolute Gasteiger partial charge is 0.144 e. The fourth-order valence-electron chi connectivity index (χ4n) is 2.20. The van der Waals surface area contributed by atoms with Crippen LogP contribution in [0.5, 0.6) is 0 Å². The van der Waals surface area contributed by atoms with Crippen molar-refractivity contribution in [2.45, 2.75) is 26.2 Å². The molecule has 1 saturated carbocycles. The van der Waals surface area contributed by atoms with Gasteiger partial charge >= 0.3 is 0 Å². The Morgan fingerprint density at radius 3 is 2.46 bits per heavy atom. The largest absolute Gasteiger partial charge is 0.330 e. The average molecular weight is 184 g/mol. The molecule has 0 aliphatic heterocycles. The van der Waals surface area contributed by atoms with E-state index in [1.807, 2.05) is 0 Å². The van der Waals surface area contributed by atoms with Gasteiger partial charge in [-0.1, -0.05) is 13.3 Å². The second-order valence-electron chi connectivity index (χ2n) is 5.40. The number of carbonyl (C=O) groups is 1. The van der Waals surface area contributed by atoms with Crippen molar-refractivity contribution < 1.29 is 9.28 Å². The molecular formula is C11H22NO+. The van der Waals surface area contributed by atoms with Crippen LogP contribution in [0.2, 0.25) is 0 Å². The minimum absolute atomic E-state index is 0.310. The van der Waals surface area contributed by atoms with E-state index in [0.29, 0.717) is 17.6 Å². The molecule has 0 N–H and O–H groups in total. The van der Waals surface area contributed by atoms with E-state index < -0.39 is 0 Å². The number of hydrogen-bond acceptors (Lipinski definition) is 1. The predicted octanol–water partition coefficient (Wildman–Crippen LogP) is 1.70. The maximum Gasteiger partial charge on any atom is 0.144 e. The molecule has 1 aliphatic rings. The molecule has 0 unspecified atom stereocenters. The molecular weight excluding hydrogens is 162 g/mol. The zero-order valence-electron chi connectivity index (χ0n) is 9.34. The molecule has 0 spiro atoms. The lowest BCUT2D eigenvalue weighted by atomic mass is 9.81. The van der Waals surface area contributed by atoms with Crippen LogP contribution in [0, 0.1) is 11.8 Å². The summed E-state index contributed by atoms with van der Waals surface area (Å²) in [5, 5.41) is 0. The Balaban J connectivity index is 2.54. The van der Waals surface area contributed by atoms with Crippen molar-refractivity contribution in [2.24, 2.45) is 11.8 Å². The monoisotopic (exact) mass is 184 g/mol. The molecule has 1 aliphatic carbocycles. The summed E-state index contributed by atoms with van der Waals surface area (Å²) in [5.74, 6) is 1.13. The minimum atomic E-state index is 0.310. The summed E-state index contributed by atoms with van der Waals surface area (Å²) >= 11 is 0. The van der Waals surface area contributed by atoms with Crippen LogP contribution in [0.25, 0.3) is 0 Å². The predicted molar refractivity (Wildman–Crippen MR) is 54.4 cm³/mol. The quantitative estimate of drug-likeness (QED) is 0.597. The van der Waals surface area contributed by atoms with E-state index in [-0.39, 0.29) is 0 Å². The van der Waals surface area contributed by atoms with E-state index >= 15 is 0 Å². The Morgan fingerprint density at radius 1 is 1.31 bits per heavy atom. The van der Waals surface area contributed by atoms with Gasteiger partial charge in [0.15, 0.2) is 0 Å². The molecule has 0 saturated heterocycles. The van der Waals surface area contributed by atoms with Crippen molar-refractivity contribution in [2.75, 3.05) is 27.7 Å². The van der Waals surface area contributed by atoms with Gasteiger partial charge in [0.2, 0.25) is 0 Å². The topological polar surface area (TPSA) is 17.1 Å². The number of nitrogens with zero attached hydrogens (tertiary/aromatic N) is 1. The molecule has 1 rings (SSSR count). The van der Waals surface area contributed by atoms with Gasteiger partial charge < -0.3 is 4.48 Å². The molecule has 0 amide bonds. The van der Waals surface area contributed by atoms with Crippen molar-refractivity contribution in [3.05, 3.63) is 0 Å². The molecule has 2 nitrogen and oxygen atoms in total. The number of rotatable bonds is 2. The second-order valence-corrected chi connectivity index (χ2v) is 5.40. The summed E-state index contributed by atoms with van der Waals surface area (Å²) in [6, 6.07) is 0. The minimum Gasteiger partial charge on any atom is -0.330 e. The number of Topliss-reactive ketones (excluding diaryl/α,β-unsaturated/α-hetero) is 1. The molecule has 0 aromatic carbocycles. The van der Waals surface area contributed by atoms with Gasteiger partial charge in [0, 0.05) is 5.92 Å². The second kappa shape index (κ2) is 3.79. The van der Waals surface area contributed by atoms with Crippen molar-refractivity contribution in [1.29, 1.82) is 0 Å². The van der Waals surface area contributed by atoms with Crippen molar-refractivity contribution in [3.63, 3.8) is 0 Å². The lowest BCUT2D eigenvalue weighted by molar-refractivity contribution is -0.872. The molecule has 2 heteroatoms. The van der Waals surface area contributed by atoms with E-state index in [9.17, 15) is 4.79 Å². The van der Waals surface area contributed by atoms with Crippen LogP contribution in [0.1, 0.15) is 26.2 Å². The van der Waals surface area contributed by atoms with Gasteiger partial charge in [-0.2, -0.15) is 0 Å². The lowest BCUT2D eigenvalue weighted by Crippen LogP contribution is -2.43. The van der Waals surface area contributed by atoms with Crippen LogP contribution < -0.4 is 0 Å². The average Bonchev–Trinajstić information content (AvgIpc) is 1.96. The first kappa shape index (κ1) is 10.7. The van der Waals surface area contributed by atoms with Crippen molar-refractivity contribution >= 4 is 5.78 Å². The van der Waals surface area contributed by atoms with Gasteiger partial charge in [-0.3, -0.25) is 4.79 Å². The third-order valence-corrected chi connectivity index (χ3v) is 2.85. The molecule has 0 bridgehead atoms. The van der Waals surface area contributed by atoms with Gasteiger partial charge in [-0.05, 0) is 12.8 Å². The Labute approximate surface area is 81.5 Å². The molecule has 0 aromatic heterocycles. The van der Waals surface area contributed by atoms with E-state index in [2.05, 4.69) is 28.1 Å². The zero-order valence-corrected chi connectivity index (χ0v) is 9.34. The normalized spacial score (nSPS) is 30.6. The maximum atomic E-state index is 11.8. The highest BCUT2D eigenvalue weighted by Gasteiger charge is 2.31. The standard InChI is InChI=1S/C11H22NO/c1-9-6-5-7-10(11(9)13)8-12(2,3)4/h9-10H,5-8H2,1-4H3/q+1/t9-,10-/m0/s1. The summed E-state index contributed by atoms with van der Waals surface area (Å²) in [6.07, 6.45) is 3.45. The van der Waals surface area contributed by atoms with Crippen LogP contribution in [0.3, 0.4) is 0 Å². The van der Waals surface area contributed by atoms with Gasteiger partial charge in [0.05, 0.1) is 33.6 Å². The van der Waals surface area contributed by atoms with Gasteiger partial charge in [-0.15, -0.1) is 0 Å². The number of carbonyl (C=O) groups excluding carboxylic acids is 1. The summed E-state index contributed by atoms with van der Waals surface area (Å²) in [7, 11) is 6.48. The molecule has 0 aromatic rings. The number of ketones is 1. The van der Waals surface area contributed by atoms with Crippen LogP contribution >= 0.6 is 0 Å². The molecule has 1 fully saturated rings. The first-order valence-electron chi connectivity index (χ1n) is 5.24. The molecule has 0 radical (unpaired) electrons. The van der Waals surface area contributed by atoms with Gasteiger partial charge in [-0.25, -0.2) is 0 Å². The first-order chi connectivity index (χ1) is 5.90. The van der Waals surface area contributed by atoms with Gasteiger partial charge in [0.25, 0.3) is 0 Å². The Hall–Kier alpha value is -0.370. The highest BCUT2D eigenvalue weighted by molar-refractivity contribution is 5.83. The van der Waals surface area contributed by atoms with Crippen LogP contribution in [0.4, 0.5) is 0 Å². The van der Waals surface area contributed by atoms with Crippen LogP contribution in [0.15, 0.2) is 0 Å². The summed E-state index contributed by atoms with van der Waals surface area (Å²) in [4.78, 5) is 11.8. The van der Waals surface area contributed by atoms with Gasteiger partial charge in [0.1, 0.15) is 5.78 Å². The molecule has 2 atom stereocenters. The van der Waals surface area contributed by atoms with E-state index in [1.165, 1.54) is 6.42 Å². The van der Waals surface area contributed by atoms with E-state index in [0.717, 1.165) is 23.9 Å². The molecule has 76 valence electrons. The number of quaternary nitrogens is 1. The lowest BCUT2D eigenvalue weighted by Gasteiger charge is -2.32. The molecule has 13 heavy (non-hydrogen) atoms. The fourth-order valence-corrected chi connectivity index (χ4v) is 2.20. The molecule has 0 heterocycles. The highest BCUT2D eigenvalue weighted by atomic mass is 16.1. The Kier molecular flexibility index (Phi) is 3.12. The first-order valence-corrected chi connectivity index (χ1v) is 5.24. The zero-order chi connectivity index (χ0) is 10.1. The highest BCUT2D eigenvalue weighted by Crippen LogP contribution is 2.26. The van der Waals surface area contributed by atoms with Crippen LogP contribution in [-0.4, -0.2) is 38.0 Å². The summed E-state index contributed by atoms with van der Waals surface area (Å²) < 4.78 is 0.906. The summed E-state index contributed by atoms with van der Waals surface area (Å²) in [5.41, 5.74) is 0. The third-order valence-electron chi connectivity index (χ3n) is 2.85. The van der Waals surface area contributed by atoms with E-state index in [1.54, 1.807) is 0 Å². The van der Waals surface area contributed by atoms with E-state index in [4.69, 9.17) is 0 Å². The van der Waals surface area contributed by atoms with Crippen molar-refractivity contribution in [1.82, 2.24) is 0 Å². The Morgan fingerprint density at radius 2 is 1.92 bits per heavy atom. The SMILES string of the molecule is C[C@H]1CCC[C@@H](C[N+](C)(C)C)C1=O. The number of hydrogen-bond donors (Lipinski definition) is 0. The van der Waals surface area contributed by atoms with Crippen LogP contribution in [-0.2, 0) is 4.79 Å². The maximum absolute atomic E-state index is 11.8. The van der Waals surface area contributed by atoms with Crippen molar-refractivity contribution in [3.8, 4) is 0 Å². The third kappa shape index (κ3) is 3.11. The fraction of sp³-hybridized carbons (Fsp3) is 0.909. The summed E-state index contributed by atoms with van der Waals surface area (Å²) in [6.45, 7) is 3.08. The Bertz CT molecular complexity index is 193.